The number of benzene rings is 1. The number of nitrogens with one attached hydrogen (secondary N) is 2. The highest BCUT2D eigenvalue weighted by atomic mass is 16.7. The van der Waals surface area contributed by atoms with Crippen LogP contribution in [0.2, 0.25) is 0 Å². The molecule has 2 saturated heterocycles. The van der Waals surface area contributed by atoms with Gasteiger partial charge in [-0.1, -0.05) is 56.7 Å². The number of allylic oxidation sites excluding steroid dienone is 1. The predicted octanol–water partition coefficient (Wildman–Crippen LogP) is 6.50. The van der Waals surface area contributed by atoms with E-state index in [1.54, 1.807) is 38.9 Å². The van der Waals surface area contributed by atoms with Crippen molar-refractivity contribution >= 4 is 31.1 Å². The first kappa shape index (κ1) is 44.8. The van der Waals surface area contributed by atoms with Crippen molar-refractivity contribution in [3.63, 3.8) is 0 Å². The third-order valence-electron chi connectivity index (χ3n) is 11.9. The molecule has 0 radical (unpaired) electrons. The van der Waals surface area contributed by atoms with Crippen molar-refractivity contribution in [3.05, 3.63) is 60.7 Å². The molecule has 5 fully saturated rings. The van der Waals surface area contributed by atoms with Gasteiger partial charge in [-0.15, -0.1) is 13.2 Å². The minimum absolute atomic E-state index is 0.0373. The van der Waals surface area contributed by atoms with Crippen LogP contribution in [0.15, 0.2) is 49.6 Å². The van der Waals surface area contributed by atoms with E-state index in [0.717, 1.165) is 49.7 Å². The number of likely N-dealkylation sites (tertiary alicyclic amines) is 1. The maximum atomic E-state index is 13.6. The Morgan fingerprint density at radius 3 is 2.30 bits per heavy atom. The van der Waals surface area contributed by atoms with Crippen LogP contribution >= 0.6 is 0 Å². The number of methoxy groups -OCH3 is 1. The van der Waals surface area contributed by atoms with E-state index in [9.17, 15) is 19.2 Å². The highest BCUT2D eigenvalue weighted by Crippen LogP contribution is 2.65. The molecule has 6 atom stereocenters. The molecule has 3 aliphatic heterocycles. The SMILES string of the molecule is C=CCCCCC(NC(=O)C1CCCN1C(=O)CNC(=O)OC(C)(C)C)B1OC2CC3CC(C3(C)C)C2(C)O1.C=CCOC.O=C(O)N1Cc2ccccc2C1. The Morgan fingerprint density at radius 1 is 1.07 bits per heavy atom. The second-order valence-corrected chi connectivity index (χ2v) is 17.3. The summed E-state index contributed by atoms with van der Waals surface area (Å²) < 4.78 is 23.0. The van der Waals surface area contributed by atoms with Gasteiger partial charge >= 0.3 is 19.3 Å². The molecule has 0 spiro atoms. The number of unbranched alkanes of at least 4 members (excludes halogenated alkanes) is 2. The Morgan fingerprint density at radius 2 is 1.75 bits per heavy atom. The maximum absolute atomic E-state index is 13.6. The Labute approximate surface area is 334 Å². The van der Waals surface area contributed by atoms with Crippen LogP contribution in [0.25, 0.3) is 0 Å². The predicted molar refractivity (Wildman–Crippen MR) is 215 cm³/mol. The van der Waals surface area contributed by atoms with Crippen LogP contribution in [0.3, 0.4) is 0 Å². The largest absolute Gasteiger partial charge is 0.481 e. The van der Waals surface area contributed by atoms with E-state index in [4.69, 9.17) is 19.2 Å². The second-order valence-electron chi connectivity index (χ2n) is 17.3. The Bertz CT molecular complexity index is 1520. The first-order valence-corrected chi connectivity index (χ1v) is 20.1. The molecule has 2 bridgehead atoms. The zero-order valence-electron chi connectivity index (χ0n) is 34.6. The number of hydrogen-bond acceptors (Lipinski definition) is 8. The minimum Gasteiger partial charge on any atom is -0.465 e. The number of nitrogens with zero attached hydrogens (tertiary/aromatic N) is 2. The fourth-order valence-corrected chi connectivity index (χ4v) is 8.77. The third-order valence-corrected chi connectivity index (χ3v) is 11.9. The first-order valence-electron chi connectivity index (χ1n) is 20.1. The van der Waals surface area contributed by atoms with Gasteiger partial charge in [-0.25, -0.2) is 9.59 Å². The van der Waals surface area contributed by atoms with E-state index in [1.165, 1.54) is 11.3 Å². The van der Waals surface area contributed by atoms with Crippen LogP contribution in [0, 0.1) is 17.3 Å². The van der Waals surface area contributed by atoms with Crippen LogP contribution < -0.4 is 10.6 Å². The number of rotatable bonds is 12. The monoisotopic (exact) mass is 780 g/mol. The molecule has 13 nitrogen and oxygen atoms in total. The average Bonchev–Trinajstić information content (AvgIpc) is 3.89. The lowest BCUT2D eigenvalue weighted by Gasteiger charge is -2.64. The third kappa shape index (κ3) is 11.2. The molecule has 4 amide bonds. The number of fused-ring (bicyclic) bond motifs is 1. The van der Waals surface area contributed by atoms with Crippen LogP contribution in [0.4, 0.5) is 9.59 Å². The normalized spacial score (nSPS) is 25.8. The molecular weight excluding hydrogens is 715 g/mol. The highest BCUT2D eigenvalue weighted by Gasteiger charge is 2.68. The number of ether oxygens (including phenoxy) is 2. The van der Waals surface area contributed by atoms with Crippen LogP contribution in [0.1, 0.15) is 104 Å². The molecule has 6 unspecified atom stereocenters. The quantitative estimate of drug-likeness (QED) is 0.123. The van der Waals surface area contributed by atoms with Crippen molar-refractivity contribution in [3.8, 4) is 0 Å². The van der Waals surface area contributed by atoms with Crippen LogP contribution in [-0.2, 0) is 41.5 Å². The van der Waals surface area contributed by atoms with Gasteiger partial charge in [0.15, 0.2) is 0 Å². The van der Waals surface area contributed by atoms with E-state index in [0.29, 0.717) is 44.5 Å². The topological polar surface area (TPSA) is 156 Å². The van der Waals surface area contributed by atoms with Crippen molar-refractivity contribution in [1.29, 1.82) is 0 Å². The number of carbonyl (C=O) groups excluding carboxylic acids is 3. The van der Waals surface area contributed by atoms with Crippen molar-refractivity contribution in [2.45, 2.75) is 135 Å². The zero-order valence-corrected chi connectivity index (χ0v) is 34.6. The van der Waals surface area contributed by atoms with E-state index in [2.05, 4.69) is 49.3 Å². The summed E-state index contributed by atoms with van der Waals surface area (Å²) >= 11 is 0. The van der Waals surface area contributed by atoms with Gasteiger partial charge in [-0.05, 0) is 101 Å². The second kappa shape index (κ2) is 19.5. The fraction of sp³-hybridized carbons (Fsp3) is 0.667. The van der Waals surface area contributed by atoms with Gasteiger partial charge in [0, 0.05) is 26.7 Å². The summed E-state index contributed by atoms with van der Waals surface area (Å²) in [6, 6.07) is 7.23. The Hall–Kier alpha value is -3.88. The number of hydrogen-bond donors (Lipinski definition) is 3. The molecule has 1 aromatic carbocycles. The molecule has 3 heterocycles. The molecule has 3 N–H and O–H groups in total. The fourth-order valence-electron chi connectivity index (χ4n) is 8.77. The standard InChI is InChI=1S/C29H48BN3O6.C9H9NO2.C4H8O/c1-8-9-10-11-14-23(30-38-22-17-19-16-21(28(19,5)6)29(22,7)39-30)32-25(35)20-13-12-15-33(20)24(34)18-31-26(36)37-27(2,3)4;11-9(12)10-5-7-3-1-2-4-8(7)6-10;1-3-4-5-2/h8,19-23H,1,9-18H2,2-7H3,(H,31,36)(H,32,35);1-4H,5-6H2,(H,11,12);3H,1,4H2,2H3. The smallest absolute Gasteiger partial charge is 0.465 e. The maximum Gasteiger partial charge on any atom is 0.481 e. The molecule has 56 heavy (non-hydrogen) atoms. The summed E-state index contributed by atoms with van der Waals surface area (Å²) in [4.78, 5) is 52.1. The molecule has 3 aliphatic carbocycles. The van der Waals surface area contributed by atoms with Crippen LogP contribution in [0.5, 0.6) is 0 Å². The van der Waals surface area contributed by atoms with Crippen molar-refractivity contribution in [2.24, 2.45) is 17.3 Å². The lowest BCUT2D eigenvalue weighted by molar-refractivity contribution is -0.199. The summed E-state index contributed by atoms with van der Waals surface area (Å²) in [5.41, 5.74) is 1.48. The van der Waals surface area contributed by atoms with E-state index in [-0.39, 0.29) is 41.4 Å². The molecule has 3 saturated carbocycles. The molecule has 7 rings (SSSR count). The highest BCUT2D eigenvalue weighted by molar-refractivity contribution is 6.47. The lowest BCUT2D eigenvalue weighted by atomic mass is 9.43. The van der Waals surface area contributed by atoms with Gasteiger partial charge in [0.2, 0.25) is 11.8 Å². The summed E-state index contributed by atoms with van der Waals surface area (Å²) in [5.74, 6) is 0.299. The van der Waals surface area contributed by atoms with Crippen molar-refractivity contribution in [1.82, 2.24) is 20.4 Å². The molecule has 1 aromatic rings. The zero-order chi connectivity index (χ0) is 41.3. The molecule has 14 heteroatoms. The van der Waals surface area contributed by atoms with Crippen LogP contribution in [-0.4, -0.2) is 102 Å². The molecular formula is C42H65BN4O9. The van der Waals surface area contributed by atoms with Gasteiger partial charge < -0.3 is 39.4 Å². The number of carboxylic acid groups (broad SMARTS) is 1. The van der Waals surface area contributed by atoms with Gasteiger partial charge in [0.05, 0.1) is 24.3 Å². The van der Waals surface area contributed by atoms with E-state index in [1.807, 2.05) is 30.3 Å². The number of carbonyl (C=O) groups is 4. The van der Waals surface area contributed by atoms with Crippen molar-refractivity contribution in [2.75, 3.05) is 26.8 Å². The lowest BCUT2D eigenvalue weighted by Crippen LogP contribution is -2.65. The summed E-state index contributed by atoms with van der Waals surface area (Å²) in [5, 5.41) is 14.4. The van der Waals surface area contributed by atoms with Gasteiger partial charge in [0.1, 0.15) is 18.2 Å². The van der Waals surface area contributed by atoms with E-state index < -0.39 is 30.9 Å². The van der Waals surface area contributed by atoms with Crippen molar-refractivity contribution < 1.29 is 43.1 Å². The summed E-state index contributed by atoms with van der Waals surface area (Å²) in [6.07, 6.45) is 9.17. The molecule has 0 aromatic heterocycles. The van der Waals surface area contributed by atoms with E-state index >= 15 is 0 Å². The Kier molecular flexibility index (Phi) is 15.6. The molecule has 310 valence electrons. The average molecular weight is 781 g/mol. The Balaban J connectivity index is 0.000000336. The molecule has 6 aliphatic rings. The van der Waals surface area contributed by atoms with Gasteiger partial charge in [-0.2, -0.15) is 0 Å². The number of alkyl carbamates (subject to hydrolysis) is 1. The van der Waals surface area contributed by atoms with Gasteiger partial charge in [-0.3, -0.25) is 14.5 Å². The first-order chi connectivity index (χ1) is 26.4. The summed E-state index contributed by atoms with van der Waals surface area (Å²) in [7, 11) is 1.13. The van der Waals surface area contributed by atoms with Gasteiger partial charge in [0.25, 0.3) is 0 Å². The number of amides is 4. The summed E-state index contributed by atoms with van der Waals surface area (Å²) in [6.45, 7) is 21.4. The minimum atomic E-state index is -0.841.